The molecular formula is C13H24N2O5S. The molecule has 1 atom stereocenters. The molecule has 8 heteroatoms. The second kappa shape index (κ2) is 8.33. The van der Waals surface area contributed by atoms with Crippen LogP contribution in [0.2, 0.25) is 0 Å². The molecule has 1 rings (SSSR count). The van der Waals surface area contributed by atoms with Crippen LogP contribution >= 0.6 is 0 Å². The molecule has 1 aliphatic heterocycles. The van der Waals surface area contributed by atoms with E-state index in [-0.39, 0.29) is 29.8 Å². The smallest absolute Gasteiger partial charge is 0.310 e. The molecule has 1 amide bonds. The third-order valence-corrected chi connectivity index (χ3v) is 5.13. The van der Waals surface area contributed by atoms with Crippen molar-refractivity contribution in [3.8, 4) is 0 Å². The van der Waals surface area contributed by atoms with Gasteiger partial charge in [0.25, 0.3) is 0 Å². The number of carbonyl (C=O) groups excluding carboxylic acids is 2. The minimum Gasteiger partial charge on any atom is -0.466 e. The number of primary amides is 1. The van der Waals surface area contributed by atoms with Gasteiger partial charge in [-0.1, -0.05) is 0 Å². The summed E-state index contributed by atoms with van der Waals surface area (Å²) in [5.41, 5.74) is 4.95. The van der Waals surface area contributed by atoms with Gasteiger partial charge in [0.1, 0.15) is 0 Å². The Morgan fingerprint density at radius 3 is 2.67 bits per heavy atom. The lowest BCUT2D eigenvalue weighted by molar-refractivity contribution is -0.149. The van der Waals surface area contributed by atoms with Crippen molar-refractivity contribution in [1.82, 2.24) is 4.90 Å². The van der Waals surface area contributed by atoms with Gasteiger partial charge in [0.15, 0.2) is 9.84 Å². The second-order valence-corrected chi connectivity index (χ2v) is 7.56. The van der Waals surface area contributed by atoms with Crippen molar-refractivity contribution in [2.45, 2.75) is 26.2 Å². The van der Waals surface area contributed by atoms with E-state index in [1.165, 1.54) is 0 Å². The first-order valence-electron chi connectivity index (χ1n) is 7.21. The molecule has 122 valence electrons. The molecule has 1 fully saturated rings. The van der Waals surface area contributed by atoms with E-state index < -0.39 is 15.7 Å². The predicted molar refractivity (Wildman–Crippen MR) is 78.3 cm³/mol. The highest BCUT2D eigenvalue weighted by Gasteiger charge is 2.27. The maximum absolute atomic E-state index is 11.8. The van der Waals surface area contributed by atoms with Crippen molar-refractivity contribution in [1.29, 1.82) is 0 Å². The first-order valence-corrected chi connectivity index (χ1v) is 9.04. The third-order valence-electron chi connectivity index (χ3n) is 3.50. The minimum atomic E-state index is -3.28. The zero-order valence-electron chi connectivity index (χ0n) is 12.4. The molecule has 1 unspecified atom stereocenters. The highest BCUT2D eigenvalue weighted by atomic mass is 32.2. The lowest BCUT2D eigenvalue weighted by Crippen LogP contribution is -2.41. The molecule has 1 saturated heterocycles. The largest absolute Gasteiger partial charge is 0.466 e. The molecule has 1 heterocycles. The summed E-state index contributed by atoms with van der Waals surface area (Å²) in [6, 6.07) is 0. The van der Waals surface area contributed by atoms with Crippen LogP contribution in [0.25, 0.3) is 0 Å². The van der Waals surface area contributed by atoms with Crippen LogP contribution in [0.5, 0.6) is 0 Å². The summed E-state index contributed by atoms with van der Waals surface area (Å²) < 4.78 is 28.5. The van der Waals surface area contributed by atoms with Gasteiger partial charge in [-0.25, -0.2) is 8.42 Å². The highest BCUT2D eigenvalue weighted by molar-refractivity contribution is 7.91. The van der Waals surface area contributed by atoms with Crippen molar-refractivity contribution in [2.24, 2.45) is 11.7 Å². The quantitative estimate of drug-likeness (QED) is 0.607. The Morgan fingerprint density at radius 1 is 1.33 bits per heavy atom. The Balaban J connectivity index is 2.41. The minimum absolute atomic E-state index is 0.0180. The molecule has 0 radical (unpaired) electrons. The number of rotatable bonds is 8. The molecule has 21 heavy (non-hydrogen) atoms. The van der Waals surface area contributed by atoms with Crippen LogP contribution in [-0.4, -0.2) is 62.9 Å². The van der Waals surface area contributed by atoms with Crippen LogP contribution in [0.15, 0.2) is 0 Å². The Bertz CT molecular complexity index is 463. The van der Waals surface area contributed by atoms with E-state index in [0.717, 1.165) is 19.4 Å². The van der Waals surface area contributed by atoms with Crippen LogP contribution < -0.4 is 5.73 Å². The van der Waals surface area contributed by atoms with E-state index in [9.17, 15) is 18.0 Å². The number of hydrogen-bond acceptors (Lipinski definition) is 6. The molecule has 0 aliphatic carbocycles. The first kappa shape index (κ1) is 17.9. The number of ether oxygens (including phenoxy) is 1. The zero-order valence-corrected chi connectivity index (χ0v) is 13.2. The monoisotopic (exact) mass is 320 g/mol. The maximum atomic E-state index is 11.8. The fourth-order valence-corrected chi connectivity index (χ4v) is 3.59. The van der Waals surface area contributed by atoms with Crippen LogP contribution in [0, 0.1) is 5.92 Å². The number of nitrogens with two attached hydrogens (primary N) is 1. The average Bonchev–Trinajstić information content (AvgIpc) is 2.44. The van der Waals surface area contributed by atoms with Gasteiger partial charge in [0, 0.05) is 19.5 Å². The van der Waals surface area contributed by atoms with Gasteiger partial charge in [-0.15, -0.1) is 0 Å². The summed E-state index contributed by atoms with van der Waals surface area (Å²) in [7, 11) is -3.28. The summed E-state index contributed by atoms with van der Waals surface area (Å²) in [4.78, 5) is 24.3. The van der Waals surface area contributed by atoms with Gasteiger partial charge in [-0.3, -0.25) is 9.59 Å². The number of hydrogen-bond donors (Lipinski definition) is 1. The van der Waals surface area contributed by atoms with Crippen molar-refractivity contribution in [3.05, 3.63) is 0 Å². The summed E-state index contributed by atoms with van der Waals surface area (Å²) in [5.74, 6) is -1.22. The van der Waals surface area contributed by atoms with Crippen molar-refractivity contribution in [3.63, 3.8) is 0 Å². The predicted octanol–water partition coefficient (Wildman–Crippen LogP) is -0.448. The number of carbonyl (C=O) groups is 2. The summed E-state index contributed by atoms with van der Waals surface area (Å²) in [6.07, 6.45) is 1.49. The van der Waals surface area contributed by atoms with Gasteiger partial charge < -0.3 is 15.4 Å². The Labute approximate surface area is 125 Å². The van der Waals surface area contributed by atoms with E-state index >= 15 is 0 Å². The number of sulfone groups is 1. The van der Waals surface area contributed by atoms with Crippen molar-refractivity contribution < 1.29 is 22.7 Å². The summed E-state index contributed by atoms with van der Waals surface area (Å²) >= 11 is 0. The molecule has 0 aromatic heterocycles. The first-order chi connectivity index (χ1) is 9.84. The lowest BCUT2D eigenvalue weighted by Gasteiger charge is -2.31. The number of piperidine rings is 1. The topological polar surface area (TPSA) is 107 Å². The maximum Gasteiger partial charge on any atom is 0.310 e. The highest BCUT2D eigenvalue weighted by Crippen LogP contribution is 2.17. The molecule has 0 saturated carbocycles. The van der Waals surface area contributed by atoms with Crippen molar-refractivity contribution >= 4 is 21.7 Å². The number of likely N-dealkylation sites (tertiary alicyclic amines) is 1. The summed E-state index contributed by atoms with van der Waals surface area (Å²) in [6.45, 7) is 3.81. The van der Waals surface area contributed by atoms with Crippen LogP contribution in [0.1, 0.15) is 26.2 Å². The third kappa shape index (κ3) is 6.90. The number of esters is 1. The normalized spacial score (nSPS) is 20.1. The van der Waals surface area contributed by atoms with Crippen LogP contribution in [0.3, 0.4) is 0 Å². The summed E-state index contributed by atoms with van der Waals surface area (Å²) in [5, 5.41) is 0. The molecule has 0 aromatic rings. The molecule has 1 aliphatic rings. The Kier molecular flexibility index (Phi) is 7.10. The number of nitrogens with zero attached hydrogens (tertiary/aromatic N) is 1. The van der Waals surface area contributed by atoms with Crippen LogP contribution in [-0.2, 0) is 24.2 Å². The Morgan fingerprint density at radius 2 is 2.05 bits per heavy atom. The average molecular weight is 320 g/mol. The standard InChI is InChI=1S/C13H24N2O5S/c1-2-20-13(17)11-4-3-6-15(10-11)7-9-21(18,19)8-5-12(14)16/h11H,2-10H2,1H3,(H2,14,16). The molecule has 0 bridgehead atoms. The van der Waals surface area contributed by atoms with E-state index in [0.29, 0.717) is 19.7 Å². The van der Waals surface area contributed by atoms with E-state index in [4.69, 9.17) is 10.5 Å². The molecule has 7 nitrogen and oxygen atoms in total. The number of amides is 1. The van der Waals surface area contributed by atoms with E-state index in [1.54, 1.807) is 6.92 Å². The molecule has 0 spiro atoms. The lowest BCUT2D eigenvalue weighted by atomic mass is 9.98. The SMILES string of the molecule is CCOC(=O)C1CCCN(CCS(=O)(=O)CCC(N)=O)C1. The van der Waals surface area contributed by atoms with E-state index in [2.05, 4.69) is 0 Å². The zero-order chi connectivity index (χ0) is 15.9. The van der Waals surface area contributed by atoms with Crippen LogP contribution in [0.4, 0.5) is 0 Å². The molecular weight excluding hydrogens is 296 g/mol. The van der Waals surface area contributed by atoms with Gasteiger partial charge in [0.05, 0.1) is 24.0 Å². The Hall–Kier alpha value is -1.15. The molecule has 0 aromatic carbocycles. The molecule has 2 N–H and O–H groups in total. The van der Waals surface area contributed by atoms with Crippen molar-refractivity contribution in [2.75, 3.05) is 37.7 Å². The van der Waals surface area contributed by atoms with Gasteiger partial charge in [-0.05, 0) is 26.3 Å². The fourth-order valence-electron chi connectivity index (χ4n) is 2.34. The fraction of sp³-hybridized carbons (Fsp3) is 0.846. The van der Waals surface area contributed by atoms with Gasteiger partial charge in [-0.2, -0.15) is 0 Å². The second-order valence-electron chi connectivity index (χ2n) is 5.26. The van der Waals surface area contributed by atoms with Gasteiger partial charge >= 0.3 is 5.97 Å². The van der Waals surface area contributed by atoms with Gasteiger partial charge in [0.2, 0.25) is 5.91 Å². The van der Waals surface area contributed by atoms with E-state index in [1.807, 2.05) is 4.90 Å².